The van der Waals surface area contributed by atoms with Gasteiger partial charge in [0.25, 0.3) is 0 Å². The number of carbonyl (C=O) groups excluding carboxylic acids is 2. The van der Waals surface area contributed by atoms with Crippen molar-refractivity contribution in [1.82, 2.24) is 10.2 Å². The monoisotopic (exact) mass is 589 g/mol. The van der Waals surface area contributed by atoms with Gasteiger partial charge in [0.05, 0.1) is 11.9 Å². The Labute approximate surface area is 240 Å². The third-order valence-corrected chi connectivity index (χ3v) is 7.65. The number of carbonyl (C=O) groups is 2. The second kappa shape index (κ2) is 13.3. The minimum Gasteiger partial charge on any atom is -0.352 e. The third-order valence-electron chi connectivity index (χ3n) is 6.05. The topological polar surface area (TPSA) is 86.8 Å². The van der Waals surface area contributed by atoms with Gasteiger partial charge in [-0.15, -0.1) is 0 Å². The van der Waals surface area contributed by atoms with Crippen LogP contribution in [0.2, 0.25) is 10.0 Å². The Balaban J connectivity index is 2.07. The van der Waals surface area contributed by atoms with Gasteiger partial charge in [-0.3, -0.25) is 13.9 Å². The number of benzene rings is 3. The SMILES string of the molecule is Cc1cc(Cl)ccc1N(CC(=O)N(Cc1cccc(Cl)c1)[C@H](Cc1ccccc1)C(=O)NC(C)C)S(C)(=O)=O. The minimum atomic E-state index is -3.86. The third kappa shape index (κ3) is 8.71. The molecule has 7 nitrogen and oxygen atoms in total. The van der Waals surface area contributed by atoms with Crippen molar-refractivity contribution in [2.45, 2.75) is 45.8 Å². The van der Waals surface area contributed by atoms with E-state index in [0.717, 1.165) is 16.1 Å². The number of sulfonamides is 1. The van der Waals surface area contributed by atoms with Gasteiger partial charge in [-0.05, 0) is 67.8 Å². The molecule has 0 saturated heterocycles. The molecular weight excluding hydrogens is 557 g/mol. The average molecular weight is 591 g/mol. The molecule has 39 heavy (non-hydrogen) atoms. The van der Waals surface area contributed by atoms with Gasteiger partial charge in [0.15, 0.2) is 0 Å². The zero-order valence-corrected chi connectivity index (χ0v) is 24.7. The number of nitrogens with zero attached hydrogens (tertiary/aromatic N) is 2. The van der Waals surface area contributed by atoms with E-state index in [-0.39, 0.29) is 24.9 Å². The van der Waals surface area contributed by atoms with Crippen molar-refractivity contribution in [1.29, 1.82) is 0 Å². The van der Waals surface area contributed by atoms with Crippen LogP contribution in [0.25, 0.3) is 0 Å². The number of hydrogen-bond acceptors (Lipinski definition) is 4. The first-order valence-electron chi connectivity index (χ1n) is 12.5. The van der Waals surface area contributed by atoms with E-state index in [4.69, 9.17) is 23.2 Å². The molecule has 0 fully saturated rings. The highest BCUT2D eigenvalue weighted by Crippen LogP contribution is 2.26. The molecule has 0 heterocycles. The molecular formula is C29H33Cl2N3O4S. The van der Waals surface area contributed by atoms with Crippen molar-refractivity contribution in [2.24, 2.45) is 0 Å². The summed E-state index contributed by atoms with van der Waals surface area (Å²) in [5, 5.41) is 3.86. The van der Waals surface area contributed by atoms with Crippen LogP contribution in [0.4, 0.5) is 5.69 Å². The van der Waals surface area contributed by atoms with Crippen LogP contribution in [0.5, 0.6) is 0 Å². The highest BCUT2D eigenvalue weighted by Gasteiger charge is 2.33. The zero-order chi connectivity index (χ0) is 28.7. The Hall–Kier alpha value is -3.07. The summed E-state index contributed by atoms with van der Waals surface area (Å²) in [5.74, 6) is -0.868. The molecule has 1 N–H and O–H groups in total. The zero-order valence-electron chi connectivity index (χ0n) is 22.4. The fourth-order valence-electron chi connectivity index (χ4n) is 4.26. The molecule has 2 amide bonds. The van der Waals surface area contributed by atoms with E-state index in [2.05, 4.69) is 5.32 Å². The summed E-state index contributed by atoms with van der Waals surface area (Å²) >= 11 is 12.3. The molecule has 3 rings (SSSR count). The van der Waals surface area contributed by atoms with Crippen LogP contribution in [0, 0.1) is 6.92 Å². The molecule has 0 aliphatic heterocycles. The Kier molecular flexibility index (Phi) is 10.4. The van der Waals surface area contributed by atoms with Crippen LogP contribution in [0.15, 0.2) is 72.8 Å². The molecule has 0 unspecified atom stereocenters. The maximum atomic E-state index is 14.0. The summed E-state index contributed by atoms with van der Waals surface area (Å²) < 4.78 is 26.8. The lowest BCUT2D eigenvalue weighted by Gasteiger charge is -2.34. The quantitative estimate of drug-likeness (QED) is 0.331. The van der Waals surface area contributed by atoms with Crippen LogP contribution >= 0.6 is 23.2 Å². The fourth-order valence-corrected chi connectivity index (χ4v) is 5.61. The molecule has 0 aromatic heterocycles. The highest BCUT2D eigenvalue weighted by molar-refractivity contribution is 7.92. The van der Waals surface area contributed by atoms with Crippen LogP contribution in [0.1, 0.15) is 30.5 Å². The summed E-state index contributed by atoms with van der Waals surface area (Å²) in [6, 6.07) is 20.1. The predicted molar refractivity (Wildman–Crippen MR) is 158 cm³/mol. The summed E-state index contributed by atoms with van der Waals surface area (Å²) in [6.45, 7) is 4.97. The normalized spacial score (nSPS) is 12.2. The molecule has 10 heteroatoms. The lowest BCUT2D eigenvalue weighted by atomic mass is 10.0. The summed E-state index contributed by atoms with van der Waals surface area (Å²) in [4.78, 5) is 29.0. The van der Waals surface area contributed by atoms with Gasteiger partial charge < -0.3 is 10.2 Å². The van der Waals surface area contributed by atoms with Gasteiger partial charge in [-0.1, -0.05) is 65.7 Å². The largest absolute Gasteiger partial charge is 0.352 e. The van der Waals surface area contributed by atoms with Gasteiger partial charge in [-0.2, -0.15) is 0 Å². The molecule has 0 spiro atoms. The average Bonchev–Trinajstić information content (AvgIpc) is 2.84. The maximum Gasteiger partial charge on any atom is 0.244 e. The van der Waals surface area contributed by atoms with Gasteiger partial charge in [0.2, 0.25) is 21.8 Å². The summed E-state index contributed by atoms with van der Waals surface area (Å²) in [7, 11) is -3.86. The van der Waals surface area contributed by atoms with Crippen LogP contribution in [0.3, 0.4) is 0 Å². The predicted octanol–water partition coefficient (Wildman–Crippen LogP) is 5.23. The van der Waals surface area contributed by atoms with Gasteiger partial charge >= 0.3 is 0 Å². The van der Waals surface area contributed by atoms with Crippen molar-refractivity contribution in [3.8, 4) is 0 Å². The van der Waals surface area contributed by atoms with Crippen LogP contribution in [-0.4, -0.2) is 50.0 Å². The van der Waals surface area contributed by atoms with Crippen molar-refractivity contribution < 1.29 is 18.0 Å². The van der Waals surface area contributed by atoms with E-state index in [1.165, 1.54) is 4.90 Å². The van der Waals surface area contributed by atoms with Gasteiger partial charge in [0, 0.05) is 29.1 Å². The number of aryl methyl sites for hydroxylation is 1. The molecule has 3 aromatic rings. The highest BCUT2D eigenvalue weighted by atomic mass is 35.5. The lowest BCUT2D eigenvalue weighted by molar-refractivity contribution is -0.140. The lowest BCUT2D eigenvalue weighted by Crippen LogP contribution is -2.54. The van der Waals surface area contributed by atoms with Crippen LogP contribution in [-0.2, 0) is 32.6 Å². The van der Waals surface area contributed by atoms with Crippen molar-refractivity contribution in [2.75, 3.05) is 17.1 Å². The number of amides is 2. The van der Waals surface area contributed by atoms with Crippen LogP contribution < -0.4 is 9.62 Å². The number of hydrogen-bond donors (Lipinski definition) is 1. The van der Waals surface area contributed by atoms with E-state index in [1.54, 1.807) is 43.3 Å². The fraction of sp³-hybridized carbons (Fsp3) is 0.310. The molecule has 3 aromatic carbocycles. The molecule has 0 aliphatic carbocycles. The number of halogens is 2. The van der Waals surface area contributed by atoms with Crippen molar-refractivity contribution >= 4 is 50.7 Å². The molecule has 0 bridgehead atoms. The second-order valence-electron chi connectivity index (χ2n) is 9.72. The molecule has 0 radical (unpaired) electrons. The maximum absolute atomic E-state index is 14.0. The summed E-state index contributed by atoms with van der Waals surface area (Å²) in [6.07, 6.45) is 1.28. The standard InChI is InChI=1S/C29H33Cl2N3O4S/c1-20(2)32-29(36)27(17-22-9-6-5-7-10-22)33(18-23-11-8-12-24(30)16-23)28(35)19-34(39(4,37)38)26-14-13-25(31)15-21(26)3/h5-16,20,27H,17-19H2,1-4H3,(H,32,36)/t27-/m1/s1. The molecule has 1 atom stereocenters. The molecule has 0 aliphatic rings. The number of anilines is 1. The smallest absolute Gasteiger partial charge is 0.244 e. The Bertz CT molecular complexity index is 1420. The minimum absolute atomic E-state index is 0.0552. The first kappa shape index (κ1) is 30.5. The van der Waals surface area contributed by atoms with E-state index in [9.17, 15) is 18.0 Å². The van der Waals surface area contributed by atoms with Crippen molar-refractivity contribution in [3.63, 3.8) is 0 Å². The first-order chi connectivity index (χ1) is 18.3. The second-order valence-corrected chi connectivity index (χ2v) is 12.5. The van der Waals surface area contributed by atoms with E-state index < -0.39 is 28.5 Å². The number of nitrogens with one attached hydrogen (secondary N) is 1. The summed E-state index contributed by atoms with van der Waals surface area (Å²) in [5.41, 5.74) is 2.50. The van der Waals surface area contributed by atoms with E-state index >= 15 is 0 Å². The van der Waals surface area contributed by atoms with E-state index in [0.29, 0.717) is 26.9 Å². The first-order valence-corrected chi connectivity index (χ1v) is 15.1. The Morgan fingerprint density at radius 1 is 0.897 bits per heavy atom. The number of rotatable bonds is 11. The van der Waals surface area contributed by atoms with Crippen molar-refractivity contribution in [3.05, 3.63) is 99.5 Å². The van der Waals surface area contributed by atoms with Gasteiger partial charge in [0.1, 0.15) is 12.6 Å². The van der Waals surface area contributed by atoms with Gasteiger partial charge in [-0.25, -0.2) is 8.42 Å². The molecule has 0 saturated carbocycles. The Morgan fingerprint density at radius 3 is 2.13 bits per heavy atom. The molecule has 208 valence electrons. The van der Waals surface area contributed by atoms with E-state index in [1.807, 2.05) is 50.2 Å². The Morgan fingerprint density at radius 2 is 1.54 bits per heavy atom.